The zero-order chi connectivity index (χ0) is 14.5. The first kappa shape index (κ1) is 14.5. The molecule has 0 spiro atoms. The van der Waals surface area contributed by atoms with Crippen LogP contribution in [-0.2, 0) is 13.1 Å². The van der Waals surface area contributed by atoms with Gasteiger partial charge in [-0.1, -0.05) is 12.1 Å². The second-order valence-electron chi connectivity index (χ2n) is 5.26. The van der Waals surface area contributed by atoms with Crippen molar-refractivity contribution in [3.8, 4) is 0 Å². The smallest absolute Gasteiger partial charge is 0.141 e. The van der Waals surface area contributed by atoms with Crippen molar-refractivity contribution in [1.82, 2.24) is 9.88 Å². The Bertz CT molecular complexity index is 522. The molecule has 1 heterocycles. The van der Waals surface area contributed by atoms with E-state index in [1.807, 2.05) is 18.2 Å². The summed E-state index contributed by atoms with van der Waals surface area (Å²) in [6.45, 7) is 5.69. The van der Waals surface area contributed by atoms with Crippen LogP contribution in [0.3, 0.4) is 0 Å². The minimum atomic E-state index is -0.296. The van der Waals surface area contributed by atoms with Crippen LogP contribution < -0.4 is 5.73 Å². The third-order valence-corrected chi connectivity index (χ3v) is 3.21. The maximum atomic E-state index is 13.2. The summed E-state index contributed by atoms with van der Waals surface area (Å²) in [7, 11) is 0. The number of aromatic nitrogens is 1. The van der Waals surface area contributed by atoms with Crippen LogP contribution >= 0.6 is 0 Å². The lowest BCUT2D eigenvalue weighted by molar-refractivity contribution is 0.203. The highest BCUT2D eigenvalue weighted by Gasteiger charge is 2.11. The van der Waals surface area contributed by atoms with E-state index in [2.05, 4.69) is 29.8 Å². The van der Waals surface area contributed by atoms with Crippen molar-refractivity contribution < 1.29 is 4.39 Å². The van der Waals surface area contributed by atoms with Gasteiger partial charge in [0.1, 0.15) is 5.82 Å². The molecule has 0 amide bonds. The summed E-state index contributed by atoms with van der Waals surface area (Å²) in [5, 5.41) is 0. The van der Waals surface area contributed by atoms with Gasteiger partial charge >= 0.3 is 0 Å². The number of nitrogen functional groups attached to an aromatic ring is 1. The van der Waals surface area contributed by atoms with E-state index in [-0.39, 0.29) is 5.82 Å². The standard InChI is InChI=1S/C16H20FN3/c1-12(2)20(10-13-4-3-5-16(18)7-13)11-14-6-15(17)9-19-8-14/h3-9,12H,10-11,18H2,1-2H3. The van der Waals surface area contributed by atoms with Gasteiger partial charge < -0.3 is 5.73 Å². The first-order valence-corrected chi connectivity index (χ1v) is 6.72. The minimum absolute atomic E-state index is 0.296. The van der Waals surface area contributed by atoms with E-state index in [9.17, 15) is 4.39 Å². The highest BCUT2D eigenvalue weighted by molar-refractivity contribution is 5.40. The van der Waals surface area contributed by atoms with Crippen LogP contribution in [0.5, 0.6) is 0 Å². The third kappa shape index (κ3) is 4.03. The zero-order valence-corrected chi connectivity index (χ0v) is 11.9. The molecule has 0 aliphatic carbocycles. The normalized spacial score (nSPS) is 11.2. The van der Waals surface area contributed by atoms with Crippen LogP contribution in [0.2, 0.25) is 0 Å². The average molecular weight is 273 g/mol. The number of hydrogen-bond donors (Lipinski definition) is 1. The molecule has 0 unspecified atom stereocenters. The lowest BCUT2D eigenvalue weighted by atomic mass is 10.1. The van der Waals surface area contributed by atoms with Gasteiger partial charge in [0.2, 0.25) is 0 Å². The maximum Gasteiger partial charge on any atom is 0.141 e. The fourth-order valence-corrected chi connectivity index (χ4v) is 2.12. The van der Waals surface area contributed by atoms with Crippen molar-refractivity contribution in [3.05, 3.63) is 59.7 Å². The molecule has 3 nitrogen and oxygen atoms in total. The largest absolute Gasteiger partial charge is 0.399 e. The molecule has 2 rings (SSSR count). The molecule has 20 heavy (non-hydrogen) atoms. The molecule has 106 valence electrons. The quantitative estimate of drug-likeness (QED) is 0.851. The minimum Gasteiger partial charge on any atom is -0.399 e. The van der Waals surface area contributed by atoms with Crippen molar-refractivity contribution >= 4 is 5.69 Å². The van der Waals surface area contributed by atoms with Crippen molar-refractivity contribution in [2.24, 2.45) is 0 Å². The van der Waals surface area contributed by atoms with Gasteiger partial charge in [0.25, 0.3) is 0 Å². The van der Waals surface area contributed by atoms with E-state index in [4.69, 9.17) is 5.73 Å². The van der Waals surface area contributed by atoms with E-state index in [1.54, 1.807) is 6.20 Å². The Morgan fingerprint density at radius 1 is 1.15 bits per heavy atom. The molecule has 0 fully saturated rings. The van der Waals surface area contributed by atoms with Gasteiger partial charge in [-0.05, 0) is 43.2 Å². The fraction of sp³-hybridized carbons (Fsp3) is 0.312. The first-order valence-electron chi connectivity index (χ1n) is 6.72. The van der Waals surface area contributed by atoms with Crippen LogP contribution in [0.25, 0.3) is 0 Å². The summed E-state index contributed by atoms with van der Waals surface area (Å²) in [6, 6.07) is 9.73. The van der Waals surface area contributed by atoms with E-state index in [1.165, 1.54) is 12.3 Å². The van der Waals surface area contributed by atoms with Crippen molar-refractivity contribution in [2.75, 3.05) is 5.73 Å². The number of nitrogens with two attached hydrogens (primary N) is 1. The second kappa shape index (κ2) is 6.48. The lowest BCUT2D eigenvalue weighted by Crippen LogP contribution is -2.29. The Morgan fingerprint density at radius 3 is 2.55 bits per heavy atom. The number of hydrogen-bond acceptors (Lipinski definition) is 3. The van der Waals surface area contributed by atoms with Gasteiger partial charge in [-0.25, -0.2) is 4.39 Å². The fourth-order valence-electron chi connectivity index (χ4n) is 2.12. The lowest BCUT2D eigenvalue weighted by Gasteiger charge is -2.26. The Labute approximate surface area is 119 Å². The molecular formula is C16H20FN3. The summed E-state index contributed by atoms with van der Waals surface area (Å²) in [4.78, 5) is 6.15. The summed E-state index contributed by atoms with van der Waals surface area (Å²) < 4.78 is 13.2. The second-order valence-corrected chi connectivity index (χ2v) is 5.26. The van der Waals surface area contributed by atoms with Crippen LogP contribution in [0.4, 0.5) is 10.1 Å². The van der Waals surface area contributed by atoms with E-state index >= 15 is 0 Å². The molecule has 0 aliphatic rings. The highest BCUT2D eigenvalue weighted by atomic mass is 19.1. The molecule has 0 radical (unpaired) electrons. The number of nitrogens with zero attached hydrogens (tertiary/aromatic N) is 2. The van der Waals surface area contributed by atoms with Gasteiger partial charge in [-0.15, -0.1) is 0 Å². The van der Waals surface area contributed by atoms with Crippen molar-refractivity contribution in [1.29, 1.82) is 0 Å². The predicted octanol–water partition coefficient (Wildman–Crippen LogP) is 3.21. The molecule has 1 aromatic heterocycles. The molecule has 2 N–H and O–H groups in total. The Balaban J connectivity index is 2.11. The number of anilines is 1. The molecule has 0 saturated carbocycles. The van der Waals surface area contributed by atoms with Crippen LogP contribution in [0.15, 0.2) is 42.7 Å². The van der Waals surface area contributed by atoms with E-state index < -0.39 is 0 Å². The summed E-state index contributed by atoms with van der Waals surface area (Å²) in [6.07, 6.45) is 2.93. The monoisotopic (exact) mass is 273 g/mol. The molecule has 0 bridgehead atoms. The summed E-state index contributed by atoms with van der Waals surface area (Å²) in [5.74, 6) is -0.296. The van der Waals surface area contributed by atoms with Crippen molar-refractivity contribution in [2.45, 2.75) is 33.0 Å². The molecule has 0 aliphatic heterocycles. The molecule has 0 saturated heterocycles. The Kier molecular flexibility index (Phi) is 4.69. The molecule has 1 aromatic carbocycles. The zero-order valence-electron chi connectivity index (χ0n) is 11.9. The number of pyridine rings is 1. The van der Waals surface area contributed by atoms with E-state index in [0.717, 1.165) is 23.4 Å². The van der Waals surface area contributed by atoms with Crippen molar-refractivity contribution in [3.63, 3.8) is 0 Å². The third-order valence-electron chi connectivity index (χ3n) is 3.21. The summed E-state index contributed by atoms with van der Waals surface area (Å²) in [5.41, 5.74) is 8.60. The van der Waals surface area contributed by atoms with Gasteiger partial charge in [0, 0.05) is 31.0 Å². The summed E-state index contributed by atoms with van der Waals surface area (Å²) >= 11 is 0. The topological polar surface area (TPSA) is 42.1 Å². The maximum absolute atomic E-state index is 13.2. The molecular weight excluding hydrogens is 253 g/mol. The Morgan fingerprint density at radius 2 is 1.90 bits per heavy atom. The number of rotatable bonds is 5. The van der Waals surface area contributed by atoms with Crippen LogP contribution in [0, 0.1) is 5.82 Å². The highest BCUT2D eigenvalue weighted by Crippen LogP contribution is 2.15. The number of benzene rings is 1. The Hall–Kier alpha value is -1.94. The number of halogens is 1. The molecule has 2 aromatic rings. The molecule has 0 atom stereocenters. The van der Waals surface area contributed by atoms with Crippen LogP contribution in [0.1, 0.15) is 25.0 Å². The van der Waals surface area contributed by atoms with Crippen LogP contribution in [-0.4, -0.2) is 15.9 Å². The van der Waals surface area contributed by atoms with Gasteiger partial charge in [0.15, 0.2) is 0 Å². The van der Waals surface area contributed by atoms with E-state index in [0.29, 0.717) is 12.6 Å². The average Bonchev–Trinajstić information content (AvgIpc) is 2.38. The van der Waals surface area contributed by atoms with Gasteiger partial charge in [-0.3, -0.25) is 9.88 Å². The SMILES string of the molecule is CC(C)N(Cc1cccc(N)c1)Cc1cncc(F)c1. The van der Waals surface area contributed by atoms with Gasteiger partial charge in [-0.2, -0.15) is 0 Å². The first-order chi connectivity index (χ1) is 9.54. The molecule has 4 heteroatoms. The predicted molar refractivity (Wildman–Crippen MR) is 79.4 cm³/mol. The van der Waals surface area contributed by atoms with Gasteiger partial charge in [0.05, 0.1) is 6.20 Å².